The van der Waals surface area contributed by atoms with Crippen LogP contribution in [0.15, 0.2) is 0 Å². The molecule has 9 heavy (non-hydrogen) atoms. The molecular weight excluding hydrogens is 116 g/mol. The van der Waals surface area contributed by atoms with E-state index in [-0.39, 0.29) is 11.8 Å². The van der Waals surface area contributed by atoms with Crippen molar-refractivity contribution >= 4 is 5.91 Å². The number of hydrogen-bond donors (Lipinski definition) is 1. The van der Waals surface area contributed by atoms with E-state index in [4.69, 9.17) is 5.84 Å². The van der Waals surface area contributed by atoms with Crippen LogP contribution in [0.5, 0.6) is 0 Å². The molecule has 3 nitrogen and oxygen atoms in total. The van der Waals surface area contributed by atoms with Crippen molar-refractivity contribution in [2.24, 2.45) is 11.8 Å². The minimum absolute atomic E-state index is 0.159. The average Bonchev–Trinajstić information content (AvgIpc) is 2.37. The summed E-state index contributed by atoms with van der Waals surface area (Å²) in [5.41, 5.74) is 0. The lowest BCUT2D eigenvalue weighted by atomic mass is 10.1. The molecule has 2 fully saturated rings. The second-order valence-corrected chi connectivity index (χ2v) is 2.91. The van der Waals surface area contributed by atoms with Crippen molar-refractivity contribution in [2.45, 2.75) is 25.3 Å². The Morgan fingerprint density at radius 2 is 2.33 bits per heavy atom. The number of rotatable bonds is 0. The summed E-state index contributed by atoms with van der Waals surface area (Å²) in [4.78, 5) is 11.0. The van der Waals surface area contributed by atoms with Gasteiger partial charge in [-0.3, -0.25) is 9.80 Å². The maximum Gasteiger partial charge on any atom is 0.239 e. The van der Waals surface area contributed by atoms with Gasteiger partial charge < -0.3 is 0 Å². The first-order valence-corrected chi connectivity index (χ1v) is 3.37. The number of carbonyl (C=O) groups excluding carboxylic acids is 1. The Labute approximate surface area is 53.8 Å². The normalized spacial score (nSPS) is 40.6. The van der Waals surface area contributed by atoms with E-state index in [1.54, 1.807) is 0 Å². The molecule has 1 aliphatic carbocycles. The Bertz CT molecular complexity index is 153. The van der Waals surface area contributed by atoms with Gasteiger partial charge in [0.15, 0.2) is 0 Å². The second-order valence-electron chi connectivity index (χ2n) is 2.91. The van der Waals surface area contributed by atoms with E-state index >= 15 is 0 Å². The molecular formula is C6H10N2O. The standard InChI is InChI=1S/C6H10N2O/c7-8-5-2-1-4(3-5)6(8)9/h4-5H,1-3,7H2. The Balaban J connectivity index is 2.25. The third-order valence-electron chi connectivity index (χ3n) is 2.40. The Kier molecular flexibility index (Phi) is 0.858. The third kappa shape index (κ3) is 0.525. The van der Waals surface area contributed by atoms with Crippen LogP contribution < -0.4 is 5.84 Å². The fourth-order valence-electron chi connectivity index (χ4n) is 1.83. The summed E-state index contributed by atoms with van der Waals surface area (Å²) in [5, 5.41) is 1.41. The van der Waals surface area contributed by atoms with Crippen LogP contribution in [0.4, 0.5) is 0 Å². The summed E-state index contributed by atoms with van der Waals surface area (Å²) in [6, 6.07) is 0.377. The second kappa shape index (κ2) is 1.48. The number of hydrazine groups is 1. The third-order valence-corrected chi connectivity index (χ3v) is 2.40. The SMILES string of the molecule is NN1C(=O)C2CCC1C2. The van der Waals surface area contributed by atoms with Crippen LogP contribution in [0.25, 0.3) is 0 Å². The Hall–Kier alpha value is -0.570. The molecule has 2 N–H and O–H groups in total. The summed E-state index contributed by atoms with van der Waals surface area (Å²) >= 11 is 0. The molecule has 1 amide bonds. The van der Waals surface area contributed by atoms with E-state index in [1.165, 1.54) is 5.01 Å². The highest BCUT2D eigenvalue weighted by molar-refractivity contribution is 5.81. The Morgan fingerprint density at radius 1 is 1.56 bits per heavy atom. The van der Waals surface area contributed by atoms with Crippen LogP contribution in [-0.4, -0.2) is 17.0 Å². The summed E-state index contributed by atoms with van der Waals surface area (Å²) < 4.78 is 0. The molecule has 0 aromatic heterocycles. The molecule has 0 spiro atoms. The lowest BCUT2D eigenvalue weighted by Gasteiger charge is -2.20. The van der Waals surface area contributed by atoms with Gasteiger partial charge in [0, 0.05) is 12.0 Å². The zero-order valence-electron chi connectivity index (χ0n) is 5.21. The van der Waals surface area contributed by atoms with E-state index in [2.05, 4.69) is 0 Å². The predicted molar refractivity (Wildman–Crippen MR) is 32.2 cm³/mol. The van der Waals surface area contributed by atoms with Crippen molar-refractivity contribution in [2.75, 3.05) is 0 Å². The number of amides is 1. The lowest BCUT2D eigenvalue weighted by molar-refractivity contribution is -0.134. The number of hydrogen-bond acceptors (Lipinski definition) is 2. The minimum atomic E-state index is 0.159. The van der Waals surface area contributed by atoms with Gasteiger partial charge in [-0.05, 0) is 19.3 Å². The fraction of sp³-hybridized carbons (Fsp3) is 0.833. The van der Waals surface area contributed by atoms with Crippen molar-refractivity contribution in [1.82, 2.24) is 5.01 Å². The van der Waals surface area contributed by atoms with Gasteiger partial charge in [-0.15, -0.1) is 0 Å². The topological polar surface area (TPSA) is 46.3 Å². The number of fused-ring (bicyclic) bond motifs is 2. The van der Waals surface area contributed by atoms with Crippen molar-refractivity contribution in [3.8, 4) is 0 Å². The average molecular weight is 126 g/mol. The van der Waals surface area contributed by atoms with Crippen LogP contribution in [0.1, 0.15) is 19.3 Å². The monoisotopic (exact) mass is 126 g/mol. The van der Waals surface area contributed by atoms with Gasteiger partial charge in [-0.2, -0.15) is 0 Å². The molecule has 1 aliphatic heterocycles. The first-order chi connectivity index (χ1) is 4.29. The minimum Gasteiger partial charge on any atom is -0.277 e. The summed E-state index contributed by atoms with van der Waals surface area (Å²) in [7, 11) is 0. The highest BCUT2D eigenvalue weighted by Gasteiger charge is 2.43. The predicted octanol–water partition coefficient (Wildman–Crippen LogP) is -0.129. The number of carbonyl (C=O) groups is 1. The van der Waals surface area contributed by atoms with Crippen LogP contribution in [0.2, 0.25) is 0 Å². The zero-order chi connectivity index (χ0) is 6.43. The molecule has 3 heteroatoms. The molecule has 2 rings (SSSR count). The van der Waals surface area contributed by atoms with E-state index in [0.29, 0.717) is 6.04 Å². The maximum absolute atomic E-state index is 11.0. The quantitative estimate of drug-likeness (QED) is 0.363. The zero-order valence-corrected chi connectivity index (χ0v) is 5.21. The summed E-state index contributed by atoms with van der Waals surface area (Å²) in [6.45, 7) is 0. The smallest absolute Gasteiger partial charge is 0.239 e. The molecule has 1 saturated carbocycles. The van der Waals surface area contributed by atoms with E-state index in [9.17, 15) is 4.79 Å². The van der Waals surface area contributed by atoms with Crippen LogP contribution in [0.3, 0.4) is 0 Å². The lowest BCUT2D eigenvalue weighted by Crippen LogP contribution is -2.42. The van der Waals surface area contributed by atoms with Crippen molar-refractivity contribution < 1.29 is 4.79 Å². The summed E-state index contributed by atoms with van der Waals surface area (Å²) in [6.07, 6.45) is 3.19. The van der Waals surface area contributed by atoms with Gasteiger partial charge >= 0.3 is 0 Å². The van der Waals surface area contributed by atoms with Crippen LogP contribution in [-0.2, 0) is 4.79 Å². The van der Waals surface area contributed by atoms with Gasteiger partial charge in [0.25, 0.3) is 0 Å². The molecule has 2 unspecified atom stereocenters. The van der Waals surface area contributed by atoms with Crippen LogP contribution in [0, 0.1) is 5.92 Å². The largest absolute Gasteiger partial charge is 0.277 e. The van der Waals surface area contributed by atoms with E-state index in [0.717, 1.165) is 19.3 Å². The van der Waals surface area contributed by atoms with E-state index in [1.807, 2.05) is 0 Å². The van der Waals surface area contributed by atoms with Crippen molar-refractivity contribution in [1.29, 1.82) is 0 Å². The highest BCUT2D eigenvalue weighted by atomic mass is 16.2. The number of nitrogens with zero attached hydrogens (tertiary/aromatic N) is 1. The highest BCUT2D eigenvalue weighted by Crippen LogP contribution is 2.36. The van der Waals surface area contributed by atoms with Crippen molar-refractivity contribution in [3.05, 3.63) is 0 Å². The first kappa shape index (κ1) is 5.23. The molecule has 2 bridgehead atoms. The van der Waals surface area contributed by atoms with Gasteiger partial charge in [-0.1, -0.05) is 0 Å². The van der Waals surface area contributed by atoms with Gasteiger partial charge in [-0.25, -0.2) is 5.84 Å². The molecule has 1 saturated heterocycles. The molecule has 0 radical (unpaired) electrons. The van der Waals surface area contributed by atoms with Gasteiger partial charge in [0.05, 0.1) is 0 Å². The molecule has 0 aromatic carbocycles. The Morgan fingerprint density at radius 3 is 2.67 bits per heavy atom. The van der Waals surface area contributed by atoms with Gasteiger partial charge in [0.1, 0.15) is 0 Å². The summed E-state index contributed by atoms with van der Waals surface area (Å²) in [5.74, 6) is 5.88. The fourth-order valence-corrected chi connectivity index (χ4v) is 1.83. The molecule has 0 aromatic rings. The van der Waals surface area contributed by atoms with Gasteiger partial charge in [0.2, 0.25) is 5.91 Å². The number of piperidine rings is 1. The molecule has 50 valence electrons. The molecule has 2 atom stereocenters. The molecule has 1 heterocycles. The van der Waals surface area contributed by atoms with Crippen molar-refractivity contribution in [3.63, 3.8) is 0 Å². The first-order valence-electron chi connectivity index (χ1n) is 3.37. The molecule has 2 aliphatic rings. The van der Waals surface area contributed by atoms with Crippen LogP contribution >= 0.6 is 0 Å². The number of nitrogens with two attached hydrogens (primary N) is 1. The maximum atomic E-state index is 11.0. The van der Waals surface area contributed by atoms with E-state index < -0.39 is 0 Å².